The molecule has 2 heterocycles. The van der Waals surface area contributed by atoms with Gasteiger partial charge in [-0.1, -0.05) is 12.1 Å². The highest BCUT2D eigenvalue weighted by molar-refractivity contribution is 5.81. The number of aliphatic carboxylic acids is 1. The van der Waals surface area contributed by atoms with Crippen LogP contribution in [0.25, 0.3) is 11.0 Å². The van der Waals surface area contributed by atoms with E-state index in [1.54, 1.807) is 11.2 Å². The van der Waals surface area contributed by atoms with Crippen molar-refractivity contribution in [3.63, 3.8) is 0 Å². The summed E-state index contributed by atoms with van der Waals surface area (Å²) in [6.07, 6.45) is 1.80. The quantitative estimate of drug-likeness (QED) is 0.900. The molecule has 1 fully saturated rings. The van der Waals surface area contributed by atoms with Gasteiger partial charge in [0.05, 0.1) is 23.8 Å². The van der Waals surface area contributed by atoms with Gasteiger partial charge in [-0.3, -0.25) is 9.59 Å². The third-order valence-electron chi connectivity index (χ3n) is 3.61. The summed E-state index contributed by atoms with van der Waals surface area (Å²) in [5.41, 5.74) is 1.80. The van der Waals surface area contributed by atoms with Crippen LogP contribution in [0.2, 0.25) is 0 Å². The molecule has 1 N–H and O–H groups in total. The number of carboxylic acid groups (broad SMARTS) is 1. The number of fused-ring (bicyclic) bond motifs is 1. The van der Waals surface area contributed by atoms with Crippen LogP contribution in [0.15, 0.2) is 30.6 Å². The van der Waals surface area contributed by atoms with Gasteiger partial charge in [-0.05, 0) is 12.1 Å². The number of hydrogen-bond donors (Lipinski definition) is 1. The van der Waals surface area contributed by atoms with E-state index in [0.29, 0.717) is 13.1 Å². The molecular formula is C14H15N3O3. The molecule has 1 aliphatic rings. The fraction of sp³-hybridized carbons (Fsp3) is 0.357. The zero-order chi connectivity index (χ0) is 14.1. The summed E-state index contributed by atoms with van der Waals surface area (Å²) in [5, 5.41) is 8.68. The maximum Gasteiger partial charge on any atom is 0.303 e. The summed E-state index contributed by atoms with van der Waals surface area (Å²) in [7, 11) is 0. The van der Waals surface area contributed by atoms with Gasteiger partial charge >= 0.3 is 5.97 Å². The van der Waals surface area contributed by atoms with Crippen molar-refractivity contribution in [2.45, 2.75) is 13.0 Å². The predicted octanol–water partition coefficient (Wildman–Crippen LogP) is 0.969. The molecule has 104 valence electrons. The summed E-state index contributed by atoms with van der Waals surface area (Å²) in [6, 6.07) is 7.66. The van der Waals surface area contributed by atoms with Crippen LogP contribution in [0.1, 0.15) is 6.42 Å². The minimum Gasteiger partial charge on any atom is -0.481 e. The Morgan fingerprint density at radius 3 is 2.80 bits per heavy atom. The molecule has 1 aromatic heterocycles. The van der Waals surface area contributed by atoms with E-state index >= 15 is 0 Å². The molecular weight excluding hydrogens is 258 g/mol. The lowest BCUT2D eigenvalue weighted by atomic mass is 9.96. The monoisotopic (exact) mass is 273 g/mol. The van der Waals surface area contributed by atoms with Crippen molar-refractivity contribution in [3.8, 4) is 0 Å². The molecule has 1 amide bonds. The number of nitrogens with zero attached hydrogens (tertiary/aromatic N) is 3. The van der Waals surface area contributed by atoms with Gasteiger partial charge in [-0.2, -0.15) is 0 Å². The van der Waals surface area contributed by atoms with E-state index in [4.69, 9.17) is 5.11 Å². The van der Waals surface area contributed by atoms with Gasteiger partial charge in [-0.15, -0.1) is 0 Å². The standard InChI is InChI=1S/C14H15N3O3/c18-13(16-6-10(7-16)5-14(19)20)8-17-9-15-11-3-1-2-4-12(11)17/h1-4,9-10H,5-8H2,(H,19,20). The summed E-state index contributed by atoms with van der Waals surface area (Å²) < 4.78 is 1.82. The van der Waals surface area contributed by atoms with Gasteiger partial charge in [0.25, 0.3) is 0 Å². The van der Waals surface area contributed by atoms with Crippen molar-refractivity contribution < 1.29 is 14.7 Å². The molecule has 3 rings (SSSR count). The number of rotatable bonds is 4. The van der Waals surface area contributed by atoms with Gasteiger partial charge in [0.15, 0.2) is 0 Å². The van der Waals surface area contributed by atoms with Crippen molar-refractivity contribution >= 4 is 22.9 Å². The van der Waals surface area contributed by atoms with Crippen LogP contribution in [-0.4, -0.2) is 44.5 Å². The Hall–Kier alpha value is -2.37. The van der Waals surface area contributed by atoms with Gasteiger partial charge < -0.3 is 14.6 Å². The average molecular weight is 273 g/mol. The van der Waals surface area contributed by atoms with Gasteiger partial charge in [-0.25, -0.2) is 4.98 Å². The van der Waals surface area contributed by atoms with Gasteiger partial charge in [0.2, 0.25) is 5.91 Å². The number of imidazole rings is 1. The second kappa shape index (κ2) is 4.96. The normalized spacial score (nSPS) is 15.3. The minimum absolute atomic E-state index is 0.00907. The average Bonchev–Trinajstić information content (AvgIpc) is 2.76. The molecule has 0 aliphatic carbocycles. The number of likely N-dealkylation sites (tertiary alicyclic amines) is 1. The first-order chi connectivity index (χ1) is 9.63. The number of carbonyl (C=O) groups is 2. The summed E-state index contributed by atoms with van der Waals surface area (Å²) >= 11 is 0. The van der Waals surface area contributed by atoms with E-state index in [0.717, 1.165) is 11.0 Å². The Bertz CT molecular complexity index is 658. The highest BCUT2D eigenvalue weighted by Crippen LogP contribution is 2.20. The Kier molecular flexibility index (Phi) is 3.14. The fourth-order valence-electron chi connectivity index (χ4n) is 2.53. The SMILES string of the molecule is O=C(O)CC1CN(C(=O)Cn2cnc3ccccc32)C1. The molecule has 0 radical (unpaired) electrons. The molecule has 0 unspecified atom stereocenters. The number of benzene rings is 1. The Morgan fingerprint density at radius 1 is 1.30 bits per heavy atom. The molecule has 20 heavy (non-hydrogen) atoms. The maximum atomic E-state index is 12.1. The number of carboxylic acids is 1. The minimum atomic E-state index is -0.803. The zero-order valence-corrected chi connectivity index (χ0v) is 10.9. The Labute approximate surface area is 115 Å². The van der Waals surface area contributed by atoms with Crippen molar-refractivity contribution in [1.29, 1.82) is 0 Å². The first-order valence-corrected chi connectivity index (χ1v) is 6.53. The fourth-order valence-corrected chi connectivity index (χ4v) is 2.53. The number of carbonyl (C=O) groups excluding carboxylic acids is 1. The van der Waals surface area contributed by atoms with Crippen molar-refractivity contribution in [3.05, 3.63) is 30.6 Å². The van der Waals surface area contributed by atoms with E-state index < -0.39 is 5.97 Å². The van der Waals surface area contributed by atoms with Crippen LogP contribution in [0.3, 0.4) is 0 Å². The smallest absolute Gasteiger partial charge is 0.303 e. The molecule has 6 nitrogen and oxygen atoms in total. The topological polar surface area (TPSA) is 75.4 Å². The highest BCUT2D eigenvalue weighted by atomic mass is 16.4. The van der Waals surface area contributed by atoms with Crippen molar-refractivity contribution in [2.24, 2.45) is 5.92 Å². The third kappa shape index (κ3) is 2.36. The van der Waals surface area contributed by atoms with Gasteiger partial charge in [0, 0.05) is 19.0 Å². The van der Waals surface area contributed by atoms with E-state index in [2.05, 4.69) is 4.98 Å². The van der Waals surface area contributed by atoms with Crippen molar-refractivity contribution in [2.75, 3.05) is 13.1 Å². The van der Waals surface area contributed by atoms with Crippen LogP contribution in [-0.2, 0) is 16.1 Å². The lowest BCUT2D eigenvalue weighted by Crippen LogP contribution is -2.51. The number of para-hydroxylation sites is 2. The molecule has 1 aliphatic heterocycles. The summed E-state index contributed by atoms with van der Waals surface area (Å²) in [5.74, 6) is -0.700. The Balaban J connectivity index is 1.62. The number of amides is 1. The summed E-state index contributed by atoms with van der Waals surface area (Å²) in [4.78, 5) is 28.6. The largest absolute Gasteiger partial charge is 0.481 e. The molecule has 2 aromatic rings. The highest BCUT2D eigenvalue weighted by Gasteiger charge is 2.31. The predicted molar refractivity (Wildman–Crippen MR) is 72.1 cm³/mol. The maximum absolute atomic E-state index is 12.1. The van der Waals surface area contributed by atoms with E-state index in [1.165, 1.54) is 0 Å². The van der Waals surface area contributed by atoms with Crippen molar-refractivity contribution in [1.82, 2.24) is 14.5 Å². The Morgan fingerprint density at radius 2 is 2.05 bits per heavy atom. The molecule has 0 spiro atoms. The molecule has 1 aromatic carbocycles. The molecule has 1 saturated heterocycles. The molecule has 0 saturated carbocycles. The van der Waals surface area contributed by atoms with Crippen LogP contribution in [0, 0.1) is 5.92 Å². The number of hydrogen-bond acceptors (Lipinski definition) is 3. The second-order valence-electron chi connectivity index (χ2n) is 5.12. The second-order valence-corrected chi connectivity index (χ2v) is 5.12. The van der Waals surface area contributed by atoms with E-state index in [9.17, 15) is 9.59 Å². The van der Waals surface area contributed by atoms with Gasteiger partial charge in [0.1, 0.15) is 6.54 Å². The first-order valence-electron chi connectivity index (χ1n) is 6.53. The third-order valence-corrected chi connectivity index (χ3v) is 3.61. The molecule has 0 atom stereocenters. The van der Waals surface area contributed by atoms with E-state index in [1.807, 2.05) is 28.8 Å². The summed E-state index contributed by atoms with van der Waals surface area (Å²) in [6.45, 7) is 1.33. The molecule has 6 heteroatoms. The molecule has 0 bridgehead atoms. The van der Waals surface area contributed by atoms with Crippen LogP contribution < -0.4 is 0 Å². The number of aromatic nitrogens is 2. The van der Waals surface area contributed by atoms with Crippen LogP contribution in [0.4, 0.5) is 0 Å². The lowest BCUT2D eigenvalue weighted by molar-refractivity contribution is -0.145. The van der Waals surface area contributed by atoms with Crippen LogP contribution >= 0.6 is 0 Å². The first kappa shape index (κ1) is 12.7. The zero-order valence-electron chi connectivity index (χ0n) is 10.9. The van der Waals surface area contributed by atoms with E-state index in [-0.39, 0.29) is 24.8 Å². The van der Waals surface area contributed by atoms with Crippen LogP contribution in [0.5, 0.6) is 0 Å². The lowest BCUT2D eigenvalue weighted by Gasteiger charge is -2.38.